The van der Waals surface area contributed by atoms with Crippen molar-refractivity contribution in [3.8, 4) is 33.4 Å². The van der Waals surface area contributed by atoms with Crippen LogP contribution in [0.25, 0.3) is 110 Å². The van der Waals surface area contributed by atoms with Gasteiger partial charge in [-0.25, -0.2) is 9.98 Å². The van der Waals surface area contributed by atoms with Crippen LogP contribution in [0, 0.1) is 0 Å². The van der Waals surface area contributed by atoms with Crippen LogP contribution >= 0.6 is 0 Å². The molecule has 0 radical (unpaired) electrons. The number of nitrogens with one attached hydrogen (secondary N) is 1. The largest absolute Gasteiger partial charge is 0.456 e. The van der Waals surface area contributed by atoms with Crippen molar-refractivity contribution in [1.29, 1.82) is 0 Å². The first-order valence-corrected chi connectivity index (χ1v) is 23.1. The molecule has 0 fully saturated rings. The molecule has 14 rings (SSSR count). The van der Waals surface area contributed by atoms with Crippen molar-refractivity contribution in [2.24, 2.45) is 9.98 Å². The fourth-order valence-corrected chi connectivity index (χ4v) is 10.3. The molecule has 1 atom stereocenters. The third kappa shape index (κ3) is 6.32. The summed E-state index contributed by atoms with van der Waals surface area (Å²) >= 11 is 0. The minimum absolute atomic E-state index is 0.330. The molecule has 0 aliphatic carbocycles. The van der Waals surface area contributed by atoms with Gasteiger partial charge in [0.25, 0.3) is 0 Å². The Morgan fingerprint density at radius 1 is 0.294 bits per heavy atom. The van der Waals surface area contributed by atoms with Crippen molar-refractivity contribution in [1.82, 2.24) is 5.32 Å². The van der Waals surface area contributed by atoms with Gasteiger partial charge in [0.2, 0.25) is 0 Å². The van der Waals surface area contributed by atoms with Crippen molar-refractivity contribution in [3.63, 3.8) is 0 Å². The Hall–Kier alpha value is -9.06. The number of aliphatic imine (C=N–C) groups is 2. The molecule has 3 heterocycles. The summed E-state index contributed by atoms with van der Waals surface area (Å²) in [5, 5.41) is 15.5. The molecule has 1 aliphatic heterocycles. The number of furan rings is 2. The molecule has 1 aliphatic rings. The third-order valence-corrected chi connectivity index (χ3v) is 13.7. The van der Waals surface area contributed by atoms with Crippen molar-refractivity contribution in [2.45, 2.75) is 6.17 Å². The molecular weight excluding hydrogens is 831 g/mol. The monoisotopic (exact) mass is 869 g/mol. The van der Waals surface area contributed by atoms with Gasteiger partial charge in [0.15, 0.2) is 5.84 Å². The van der Waals surface area contributed by atoms with Crippen molar-refractivity contribution < 1.29 is 8.83 Å². The molecule has 1 unspecified atom stereocenters. The number of fused-ring (bicyclic) bond motifs is 12. The number of benzene rings is 11. The topological polar surface area (TPSA) is 63.0 Å². The normalized spacial score (nSPS) is 14.0. The van der Waals surface area contributed by atoms with E-state index in [1.807, 2.05) is 48.5 Å². The van der Waals surface area contributed by atoms with Gasteiger partial charge >= 0.3 is 0 Å². The molecule has 0 spiro atoms. The Labute approximate surface area is 391 Å². The van der Waals surface area contributed by atoms with Crippen LogP contribution in [0.2, 0.25) is 0 Å². The van der Waals surface area contributed by atoms with Crippen LogP contribution in [0.4, 0.5) is 0 Å². The summed E-state index contributed by atoms with van der Waals surface area (Å²) < 4.78 is 12.7. The lowest BCUT2D eigenvalue weighted by molar-refractivity contribution is 0.666. The Kier molecular flexibility index (Phi) is 8.58. The minimum atomic E-state index is -0.330. The molecular formula is C63H39N3O2. The average molecular weight is 870 g/mol. The van der Waals surface area contributed by atoms with Crippen LogP contribution in [-0.4, -0.2) is 11.7 Å². The van der Waals surface area contributed by atoms with E-state index in [1.165, 1.54) is 54.6 Å². The van der Waals surface area contributed by atoms with E-state index in [0.29, 0.717) is 5.84 Å². The quantitative estimate of drug-likeness (QED) is 0.169. The van der Waals surface area contributed by atoms with Gasteiger partial charge in [0.1, 0.15) is 34.3 Å². The highest BCUT2D eigenvalue weighted by Crippen LogP contribution is 2.39. The lowest BCUT2D eigenvalue weighted by atomic mass is 9.91. The summed E-state index contributed by atoms with van der Waals surface area (Å²) in [6.07, 6.45) is -0.330. The van der Waals surface area contributed by atoms with Gasteiger partial charge in [0.05, 0.1) is 0 Å². The molecule has 1 N–H and O–H groups in total. The minimum Gasteiger partial charge on any atom is -0.456 e. The molecule has 5 heteroatoms. The summed E-state index contributed by atoms with van der Waals surface area (Å²) in [4.78, 5) is 10.3. The van der Waals surface area contributed by atoms with Gasteiger partial charge in [-0.2, -0.15) is 0 Å². The van der Waals surface area contributed by atoms with Crippen LogP contribution in [0.15, 0.2) is 243 Å². The van der Waals surface area contributed by atoms with Crippen molar-refractivity contribution in [2.75, 3.05) is 0 Å². The van der Waals surface area contributed by atoms with Gasteiger partial charge in [0, 0.05) is 32.7 Å². The summed E-state index contributed by atoms with van der Waals surface area (Å²) in [6, 6.07) is 79.7. The molecule has 11 aromatic carbocycles. The maximum absolute atomic E-state index is 6.57. The number of hydrogen-bond acceptors (Lipinski definition) is 5. The van der Waals surface area contributed by atoms with Gasteiger partial charge in [-0.1, -0.05) is 158 Å². The molecule has 0 amide bonds. The zero-order chi connectivity index (χ0) is 44.7. The van der Waals surface area contributed by atoms with Crippen LogP contribution in [0.3, 0.4) is 0 Å². The second-order valence-electron chi connectivity index (χ2n) is 17.7. The van der Waals surface area contributed by atoms with E-state index in [9.17, 15) is 0 Å². The average Bonchev–Trinajstić information content (AvgIpc) is 3.98. The number of rotatable bonds is 6. The first-order chi connectivity index (χ1) is 33.6. The predicted molar refractivity (Wildman–Crippen MR) is 282 cm³/mol. The van der Waals surface area contributed by atoms with Crippen LogP contribution in [0.1, 0.15) is 22.9 Å². The van der Waals surface area contributed by atoms with Gasteiger partial charge in [-0.15, -0.1) is 0 Å². The Morgan fingerprint density at radius 3 is 1.40 bits per heavy atom. The number of para-hydroxylation sites is 1. The van der Waals surface area contributed by atoms with E-state index in [4.69, 9.17) is 18.8 Å². The molecule has 0 saturated carbocycles. The zero-order valence-electron chi connectivity index (χ0n) is 36.7. The first kappa shape index (κ1) is 38.2. The lowest BCUT2D eigenvalue weighted by Crippen LogP contribution is -2.33. The Morgan fingerprint density at radius 2 is 0.735 bits per heavy atom. The number of nitrogens with zero attached hydrogens (tertiary/aromatic N) is 2. The fourth-order valence-electron chi connectivity index (χ4n) is 10.3. The van der Waals surface area contributed by atoms with Gasteiger partial charge < -0.3 is 14.2 Å². The molecule has 2 aromatic heterocycles. The standard InChI is InChI=1S/C63H39N3O2/c1-2-12-38(13-3-1)61-64-62(45-27-31-58-56(36-45)52-22-8-9-23-57(52)67-58)66-63(65-61)46-25-29-53-55-35-44(26-30-59(55)68-60(53)37-46)42-17-11-15-40(33-42)39-14-10-16-41(32-39)43-24-28-51-49-20-5-4-18-47(49)48-19-6-7-21-50(48)54(51)34-43/h1-37,61H,(H,64,65,66). The van der Waals surface area contributed by atoms with Crippen molar-refractivity contribution >= 4 is 87.9 Å². The third-order valence-electron chi connectivity index (χ3n) is 13.7. The maximum Gasteiger partial charge on any atom is 0.159 e. The number of amidine groups is 2. The van der Waals surface area contributed by atoms with Crippen LogP contribution in [-0.2, 0) is 0 Å². The van der Waals surface area contributed by atoms with E-state index in [0.717, 1.165) is 77.5 Å². The second-order valence-corrected chi connectivity index (χ2v) is 17.7. The molecule has 0 saturated heterocycles. The highest BCUT2D eigenvalue weighted by Gasteiger charge is 2.23. The van der Waals surface area contributed by atoms with E-state index >= 15 is 0 Å². The Bertz CT molecular complexity index is 4220. The van der Waals surface area contributed by atoms with Gasteiger partial charge in [-0.05, 0) is 138 Å². The summed E-state index contributed by atoms with van der Waals surface area (Å²) in [6.45, 7) is 0. The van der Waals surface area contributed by atoms with Gasteiger partial charge in [-0.3, -0.25) is 0 Å². The maximum atomic E-state index is 6.57. The molecule has 13 aromatic rings. The SMILES string of the molecule is c1ccc(C2N=C(c3ccc4oc5ccccc5c4c3)N=C(c3ccc4c(c3)oc3ccc(-c5cccc(-c6cccc(-c7ccc8c9ccccc9c9ccccc9c8c7)c6)c5)cc34)N2)cc1. The Balaban J connectivity index is 0.795. The van der Waals surface area contributed by atoms with E-state index in [-0.39, 0.29) is 6.17 Å². The summed E-state index contributed by atoms with van der Waals surface area (Å²) in [7, 11) is 0. The second kappa shape index (κ2) is 15.3. The smallest absolute Gasteiger partial charge is 0.159 e. The van der Waals surface area contributed by atoms with E-state index < -0.39 is 0 Å². The van der Waals surface area contributed by atoms with E-state index in [2.05, 4.69) is 181 Å². The summed E-state index contributed by atoms with van der Waals surface area (Å²) in [5.41, 5.74) is 13.2. The predicted octanol–water partition coefficient (Wildman–Crippen LogP) is 16.4. The zero-order valence-corrected chi connectivity index (χ0v) is 36.7. The highest BCUT2D eigenvalue weighted by molar-refractivity contribution is 6.26. The van der Waals surface area contributed by atoms with Crippen LogP contribution in [0.5, 0.6) is 0 Å². The van der Waals surface area contributed by atoms with Crippen molar-refractivity contribution in [3.05, 3.63) is 241 Å². The first-order valence-electron chi connectivity index (χ1n) is 23.1. The number of hydrogen-bond donors (Lipinski definition) is 1. The summed E-state index contributed by atoms with van der Waals surface area (Å²) in [5.74, 6) is 1.38. The molecule has 318 valence electrons. The van der Waals surface area contributed by atoms with Crippen LogP contribution < -0.4 is 5.32 Å². The van der Waals surface area contributed by atoms with E-state index in [1.54, 1.807) is 0 Å². The fraction of sp³-hybridized carbons (Fsp3) is 0.0159. The molecule has 0 bridgehead atoms. The molecule has 68 heavy (non-hydrogen) atoms. The molecule has 5 nitrogen and oxygen atoms in total. The highest BCUT2D eigenvalue weighted by atomic mass is 16.3. The lowest BCUT2D eigenvalue weighted by Gasteiger charge is -2.23.